The Kier molecular flexibility index (Phi) is 4.78. The highest BCUT2D eigenvalue weighted by Crippen LogP contribution is 2.17. The number of hydrogen-bond donors (Lipinski definition) is 1. The Balaban J connectivity index is 2.58. The van der Waals surface area contributed by atoms with Crippen LogP contribution in [0.4, 0.5) is 0 Å². The van der Waals surface area contributed by atoms with Crippen LogP contribution in [0.1, 0.15) is 6.92 Å². The second-order valence-electron chi connectivity index (χ2n) is 2.82. The van der Waals surface area contributed by atoms with Crippen LogP contribution in [-0.4, -0.2) is 11.7 Å². The molecule has 0 fully saturated rings. The highest BCUT2D eigenvalue weighted by Gasteiger charge is 1.96. The summed E-state index contributed by atoms with van der Waals surface area (Å²) in [5.74, 6) is -0.110. The average Bonchev–Trinajstić information content (AvgIpc) is 2.70. The van der Waals surface area contributed by atoms with Gasteiger partial charge < -0.3 is 9.84 Å². The van der Waals surface area contributed by atoms with E-state index in [-0.39, 0.29) is 5.95 Å². The number of halogens is 1. The molecule has 1 N–H and O–H groups in total. The van der Waals surface area contributed by atoms with Gasteiger partial charge in [0.2, 0.25) is 0 Å². The van der Waals surface area contributed by atoms with Crippen LogP contribution in [0.25, 0.3) is 0 Å². The van der Waals surface area contributed by atoms with Crippen molar-refractivity contribution >= 4 is 11.6 Å². The summed E-state index contributed by atoms with van der Waals surface area (Å²) in [6.45, 7) is 2.24. The fourth-order valence-corrected chi connectivity index (χ4v) is 1.24. The Hall–Kier alpha value is -1.41. The number of hydrogen-bond acceptors (Lipinski definition) is 2. The molecule has 2 nitrogen and oxygen atoms in total. The number of allylic oxidation sites excluding steroid dienone is 9. The van der Waals surface area contributed by atoms with Gasteiger partial charge in [-0.3, -0.25) is 0 Å². The fraction of sp³-hybridized carbons (Fsp3) is 0.167. The normalized spacial score (nSPS) is 15.3. The lowest BCUT2D eigenvalue weighted by Gasteiger charge is -1.97. The summed E-state index contributed by atoms with van der Waals surface area (Å²) in [5.41, 5.74) is 0.956. The van der Waals surface area contributed by atoms with E-state index in [1.807, 2.05) is 24.3 Å². The van der Waals surface area contributed by atoms with E-state index in [0.717, 1.165) is 5.57 Å². The summed E-state index contributed by atoms with van der Waals surface area (Å²) < 4.78 is 4.83. The molecule has 0 bridgehead atoms. The molecule has 0 atom stereocenters. The fourth-order valence-electron chi connectivity index (χ4n) is 1.04. The summed E-state index contributed by atoms with van der Waals surface area (Å²) in [6.07, 6.45) is 12.5. The molecule has 0 saturated heterocycles. The number of aliphatic hydroxyl groups excluding tert-OH is 1. The topological polar surface area (TPSA) is 29.5 Å². The van der Waals surface area contributed by atoms with Gasteiger partial charge in [0.15, 0.2) is 0 Å². The maximum atomic E-state index is 9.13. The molecule has 0 amide bonds. The molecule has 0 aliphatic heterocycles. The van der Waals surface area contributed by atoms with Crippen molar-refractivity contribution in [3.8, 4) is 0 Å². The van der Waals surface area contributed by atoms with E-state index in [2.05, 4.69) is 0 Å². The Labute approximate surface area is 94.5 Å². The largest absolute Gasteiger partial charge is 0.481 e. The third kappa shape index (κ3) is 4.09. The molecule has 80 valence electrons. The van der Waals surface area contributed by atoms with E-state index in [9.17, 15) is 0 Å². The van der Waals surface area contributed by atoms with E-state index < -0.39 is 0 Å². The molecule has 0 aromatic rings. The molecule has 0 heterocycles. The molecule has 1 rings (SSSR count). The Morgan fingerprint density at radius 2 is 2.13 bits per heavy atom. The molecule has 0 unspecified atom stereocenters. The molecule has 0 radical (unpaired) electrons. The third-order valence-electron chi connectivity index (χ3n) is 1.71. The summed E-state index contributed by atoms with van der Waals surface area (Å²) in [6, 6.07) is 0. The molecule has 0 aromatic carbocycles. The zero-order valence-electron chi connectivity index (χ0n) is 8.48. The van der Waals surface area contributed by atoms with Gasteiger partial charge in [-0.15, -0.1) is 0 Å². The lowest BCUT2D eigenvalue weighted by atomic mass is 10.2. The van der Waals surface area contributed by atoms with Crippen LogP contribution in [0.3, 0.4) is 0 Å². The van der Waals surface area contributed by atoms with Crippen molar-refractivity contribution in [2.75, 3.05) is 6.61 Å². The monoisotopic (exact) mass is 224 g/mol. The van der Waals surface area contributed by atoms with Gasteiger partial charge in [0, 0.05) is 11.1 Å². The molecule has 15 heavy (non-hydrogen) atoms. The highest BCUT2D eigenvalue weighted by atomic mass is 35.5. The van der Waals surface area contributed by atoms with Gasteiger partial charge in [0.1, 0.15) is 0 Å². The van der Waals surface area contributed by atoms with Crippen molar-refractivity contribution in [3.05, 3.63) is 59.1 Å². The van der Waals surface area contributed by atoms with Crippen molar-refractivity contribution < 1.29 is 9.84 Å². The van der Waals surface area contributed by atoms with Crippen molar-refractivity contribution in [2.24, 2.45) is 0 Å². The molecule has 3 heteroatoms. The SMILES string of the molecule is CCO/C(O)=C/C=C/C(Cl)=C1C=CC=C1. The van der Waals surface area contributed by atoms with Gasteiger partial charge in [0.25, 0.3) is 5.95 Å². The predicted octanol–water partition coefficient (Wildman–Crippen LogP) is 3.60. The van der Waals surface area contributed by atoms with Gasteiger partial charge in [0.05, 0.1) is 6.61 Å². The van der Waals surface area contributed by atoms with Gasteiger partial charge in [-0.1, -0.05) is 42.0 Å². The van der Waals surface area contributed by atoms with Gasteiger partial charge in [-0.05, 0) is 18.6 Å². The molecule has 0 spiro atoms. The minimum absolute atomic E-state index is 0.110. The number of ether oxygens (including phenoxy) is 1. The third-order valence-corrected chi connectivity index (χ3v) is 2.06. The lowest BCUT2D eigenvalue weighted by molar-refractivity contribution is 0.103. The van der Waals surface area contributed by atoms with Gasteiger partial charge in [-0.2, -0.15) is 0 Å². The smallest absolute Gasteiger partial charge is 0.276 e. The van der Waals surface area contributed by atoms with E-state index >= 15 is 0 Å². The second kappa shape index (κ2) is 6.14. The van der Waals surface area contributed by atoms with Crippen LogP contribution < -0.4 is 0 Å². The summed E-state index contributed by atoms with van der Waals surface area (Å²) >= 11 is 5.99. The van der Waals surface area contributed by atoms with Crippen molar-refractivity contribution in [2.45, 2.75) is 6.92 Å². The average molecular weight is 225 g/mol. The maximum Gasteiger partial charge on any atom is 0.276 e. The molecule has 1 aliphatic carbocycles. The van der Waals surface area contributed by atoms with Crippen LogP contribution in [-0.2, 0) is 4.74 Å². The van der Waals surface area contributed by atoms with Crippen LogP contribution >= 0.6 is 11.6 Å². The maximum absolute atomic E-state index is 9.13. The van der Waals surface area contributed by atoms with E-state index in [1.165, 1.54) is 6.08 Å². The summed E-state index contributed by atoms with van der Waals surface area (Å²) in [4.78, 5) is 0. The Morgan fingerprint density at radius 1 is 1.47 bits per heavy atom. The molecule has 0 saturated carbocycles. The van der Waals surface area contributed by atoms with E-state index in [0.29, 0.717) is 11.6 Å². The van der Waals surface area contributed by atoms with Crippen LogP contribution in [0, 0.1) is 0 Å². The van der Waals surface area contributed by atoms with Crippen molar-refractivity contribution in [1.29, 1.82) is 0 Å². The first kappa shape index (κ1) is 11.7. The molecule has 0 aromatic heterocycles. The van der Waals surface area contributed by atoms with Crippen LogP contribution in [0.2, 0.25) is 0 Å². The van der Waals surface area contributed by atoms with Crippen molar-refractivity contribution in [1.82, 2.24) is 0 Å². The molecular weight excluding hydrogens is 212 g/mol. The number of rotatable bonds is 4. The van der Waals surface area contributed by atoms with Crippen molar-refractivity contribution in [3.63, 3.8) is 0 Å². The van der Waals surface area contributed by atoms with Crippen LogP contribution in [0.15, 0.2) is 59.1 Å². The Morgan fingerprint density at radius 3 is 2.73 bits per heavy atom. The first-order valence-corrected chi connectivity index (χ1v) is 5.06. The number of aliphatic hydroxyl groups is 1. The predicted molar refractivity (Wildman–Crippen MR) is 62.6 cm³/mol. The standard InChI is InChI=1S/C12H13ClO2/c1-2-15-12(14)9-5-8-11(13)10-6-3-4-7-10/h3-9,14H,2H2,1H3/b8-5+,12-9+. The van der Waals surface area contributed by atoms with E-state index in [1.54, 1.807) is 19.1 Å². The summed E-state index contributed by atoms with van der Waals surface area (Å²) in [7, 11) is 0. The minimum Gasteiger partial charge on any atom is -0.481 e. The van der Waals surface area contributed by atoms with E-state index in [4.69, 9.17) is 21.4 Å². The minimum atomic E-state index is -0.110. The zero-order valence-corrected chi connectivity index (χ0v) is 9.24. The second-order valence-corrected chi connectivity index (χ2v) is 3.23. The summed E-state index contributed by atoms with van der Waals surface area (Å²) in [5, 5.41) is 9.75. The molecular formula is C12H13ClO2. The zero-order chi connectivity index (χ0) is 11.1. The lowest BCUT2D eigenvalue weighted by Crippen LogP contribution is -1.87. The Bertz CT molecular complexity index is 346. The first-order valence-electron chi connectivity index (χ1n) is 4.68. The molecule has 1 aliphatic rings. The first-order chi connectivity index (χ1) is 7.24. The van der Waals surface area contributed by atoms with Crippen LogP contribution in [0.5, 0.6) is 0 Å². The van der Waals surface area contributed by atoms with Gasteiger partial charge >= 0.3 is 0 Å². The van der Waals surface area contributed by atoms with Gasteiger partial charge in [-0.25, -0.2) is 0 Å². The highest BCUT2D eigenvalue weighted by molar-refractivity contribution is 6.32. The quantitative estimate of drug-likeness (QED) is 0.584.